The highest BCUT2D eigenvalue weighted by molar-refractivity contribution is 7.89. The van der Waals surface area contributed by atoms with Gasteiger partial charge in [-0.25, -0.2) is 12.7 Å². The molecular weight excluding hydrogens is 388 g/mol. The molecule has 2 aromatic carbocycles. The maximum absolute atomic E-state index is 13.5. The first-order chi connectivity index (χ1) is 13.9. The topological polar surface area (TPSA) is 75.7 Å². The van der Waals surface area contributed by atoms with Gasteiger partial charge in [0.2, 0.25) is 15.9 Å². The van der Waals surface area contributed by atoms with Gasteiger partial charge < -0.3 is 10.1 Å². The number of rotatable bonds is 7. The van der Waals surface area contributed by atoms with Crippen LogP contribution in [0, 0.1) is 0 Å². The Balaban J connectivity index is 1.87. The molecule has 0 aromatic heterocycles. The van der Waals surface area contributed by atoms with Crippen LogP contribution in [-0.4, -0.2) is 44.6 Å². The molecule has 0 unspecified atom stereocenters. The molecule has 0 aliphatic carbocycles. The Hall–Kier alpha value is -2.22. The third kappa shape index (κ3) is 4.69. The molecule has 1 fully saturated rings. The number of nitrogens with zero attached hydrogens (tertiary/aromatic N) is 1. The minimum absolute atomic E-state index is 0.0732. The van der Waals surface area contributed by atoms with E-state index in [0.29, 0.717) is 38.2 Å². The molecule has 7 heteroatoms. The summed E-state index contributed by atoms with van der Waals surface area (Å²) in [6, 6.07) is 17.2. The summed E-state index contributed by atoms with van der Waals surface area (Å²) in [7, 11) is -1.63. The number of hydrogen-bond donors (Lipinski definition) is 1. The average molecular weight is 417 g/mol. The molecule has 1 heterocycles. The number of carbonyl (C=O) groups is 1. The molecule has 1 saturated heterocycles. The maximum Gasteiger partial charge on any atom is 0.235 e. The Morgan fingerprint density at radius 1 is 1.10 bits per heavy atom. The zero-order valence-electron chi connectivity index (χ0n) is 16.9. The van der Waals surface area contributed by atoms with Crippen LogP contribution < -0.4 is 5.32 Å². The van der Waals surface area contributed by atoms with Crippen LogP contribution in [0.15, 0.2) is 54.6 Å². The molecule has 0 radical (unpaired) electrons. The van der Waals surface area contributed by atoms with E-state index in [1.165, 1.54) is 4.31 Å². The largest absolute Gasteiger partial charge is 0.380 e. The fraction of sp³-hybridized carbons (Fsp3) is 0.409. The fourth-order valence-electron chi connectivity index (χ4n) is 3.89. The smallest absolute Gasteiger partial charge is 0.235 e. The van der Waals surface area contributed by atoms with E-state index in [-0.39, 0.29) is 11.7 Å². The molecule has 1 aliphatic rings. The molecule has 1 amide bonds. The van der Waals surface area contributed by atoms with Gasteiger partial charge in [-0.1, -0.05) is 42.5 Å². The van der Waals surface area contributed by atoms with Gasteiger partial charge in [0.25, 0.3) is 0 Å². The quantitative estimate of drug-likeness (QED) is 0.752. The van der Waals surface area contributed by atoms with E-state index in [1.807, 2.05) is 54.6 Å². The van der Waals surface area contributed by atoms with Gasteiger partial charge in [-0.15, -0.1) is 0 Å². The second kappa shape index (κ2) is 9.07. The molecule has 0 spiro atoms. The SMILES string of the molecule is CCS(=O)(=O)N1CCC(C(=O)Nc2cccc(COC)c2)(c2ccccc2)CC1. The predicted octanol–water partition coefficient (Wildman–Crippen LogP) is 3.16. The third-order valence-corrected chi connectivity index (χ3v) is 7.47. The van der Waals surface area contributed by atoms with E-state index in [9.17, 15) is 13.2 Å². The molecule has 29 heavy (non-hydrogen) atoms. The summed E-state index contributed by atoms with van der Waals surface area (Å²) in [5.41, 5.74) is 1.84. The van der Waals surface area contributed by atoms with E-state index in [4.69, 9.17) is 4.74 Å². The number of ether oxygens (including phenoxy) is 1. The van der Waals surface area contributed by atoms with E-state index >= 15 is 0 Å². The lowest BCUT2D eigenvalue weighted by Crippen LogP contribution is -2.51. The van der Waals surface area contributed by atoms with Gasteiger partial charge in [-0.05, 0) is 43.0 Å². The average Bonchev–Trinajstić information content (AvgIpc) is 2.75. The molecule has 2 aromatic rings. The van der Waals surface area contributed by atoms with Crippen LogP contribution in [-0.2, 0) is 31.6 Å². The number of sulfonamides is 1. The first-order valence-electron chi connectivity index (χ1n) is 9.84. The highest BCUT2D eigenvalue weighted by atomic mass is 32.2. The van der Waals surface area contributed by atoms with Crippen molar-refractivity contribution in [1.29, 1.82) is 0 Å². The van der Waals surface area contributed by atoms with Crippen LogP contribution in [0.5, 0.6) is 0 Å². The van der Waals surface area contributed by atoms with Crippen LogP contribution >= 0.6 is 0 Å². The van der Waals surface area contributed by atoms with Gasteiger partial charge in [-0.2, -0.15) is 0 Å². The number of hydrogen-bond acceptors (Lipinski definition) is 4. The van der Waals surface area contributed by atoms with Crippen LogP contribution in [0.2, 0.25) is 0 Å². The van der Waals surface area contributed by atoms with Crippen LogP contribution in [0.3, 0.4) is 0 Å². The van der Waals surface area contributed by atoms with Gasteiger partial charge in [-0.3, -0.25) is 4.79 Å². The van der Waals surface area contributed by atoms with Crippen molar-refractivity contribution >= 4 is 21.6 Å². The standard InChI is InChI=1S/C22H28N2O4S/c1-3-29(26,27)24-14-12-22(13-15-24,19-9-5-4-6-10-19)21(25)23-20-11-7-8-18(16-20)17-28-2/h4-11,16H,3,12-15,17H2,1-2H3,(H,23,25). The lowest BCUT2D eigenvalue weighted by atomic mass is 9.72. The van der Waals surface area contributed by atoms with Gasteiger partial charge >= 0.3 is 0 Å². The molecule has 0 atom stereocenters. The Morgan fingerprint density at radius 3 is 2.41 bits per heavy atom. The Labute approximate surface area is 172 Å². The first kappa shape index (κ1) is 21.5. The van der Waals surface area contributed by atoms with Crippen molar-refractivity contribution in [2.45, 2.75) is 31.8 Å². The van der Waals surface area contributed by atoms with E-state index in [0.717, 1.165) is 11.1 Å². The minimum atomic E-state index is -3.26. The van der Waals surface area contributed by atoms with Gasteiger partial charge in [0.15, 0.2) is 0 Å². The van der Waals surface area contributed by atoms with Crippen LogP contribution in [0.4, 0.5) is 5.69 Å². The molecule has 156 valence electrons. The van der Waals surface area contributed by atoms with Crippen LogP contribution in [0.1, 0.15) is 30.9 Å². The number of amides is 1. The Kier molecular flexibility index (Phi) is 6.72. The summed E-state index contributed by atoms with van der Waals surface area (Å²) in [5.74, 6) is -0.0316. The van der Waals surface area contributed by atoms with Crippen molar-refractivity contribution in [2.75, 3.05) is 31.3 Å². The molecule has 1 aliphatic heterocycles. The third-order valence-electron chi connectivity index (χ3n) is 5.59. The molecular formula is C22H28N2O4S. The van der Waals surface area contributed by atoms with Crippen molar-refractivity contribution in [3.05, 3.63) is 65.7 Å². The predicted molar refractivity (Wildman–Crippen MR) is 114 cm³/mol. The lowest BCUT2D eigenvalue weighted by Gasteiger charge is -2.40. The molecule has 6 nitrogen and oxygen atoms in total. The minimum Gasteiger partial charge on any atom is -0.380 e. The summed E-state index contributed by atoms with van der Waals surface area (Å²) in [4.78, 5) is 13.5. The summed E-state index contributed by atoms with van der Waals surface area (Å²) < 4.78 is 31.2. The van der Waals surface area contributed by atoms with E-state index < -0.39 is 15.4 Å². The number of methoxy groups -OCH3 is 1. The molecule has 1 N–H and O–H groups in total. The number of nitrogens with one attached hydrogen (secondary N) is 1. The van der Waals surface area contributed by atoms with E-state index in [1.54, 1.807) is 14.0 Å². The first-order valence-corrected chi connectivity index (χ1v) is 11.4. The highest BCUT2D eigenvalue weighted by Gasteiger charge is 2.44. The molecule has 0 bridgehead atoms. The zero-order valence-corrected chi connectivity index (χ0v) is 17.7. The summed E-state index contributed by atoms with van der Waals surface area (Å²) in [5, 5.41) is 3.05. The summed E-state index contributed by atoms with van der Waals surface area (Å²) >= 11 is 0. The second-order valence-electron chi connectivity index (χ2n) is 7.34. The van der Waals surface area contributed by atoms with Crippen molar-refractivity contribution in [2.24, 2.45) is 0 Å². The van der Waals surface area contributed by atoms with Crippen molar-refractivity contribution in [3.63, 3.8) is 0 Å². The lowest BCUT2D eigenvalue weighted by molar-refractivity contribution is -0.123. The summed E-state index contributed by atoms with van der Waals surface area (Å²) in [6.07, 6.45) is 0.889. The van der Waals surface area contributed by atoms with E-state index in [2.05, 4.69) is 5.32 Å². The number of piperidine rings is 1. The van der Waals surface area contributed by atoms with Gasteiger partial charge in [0.05, 0.1) is 17.8 Å². The molecule has 3 rings (SSSR count). The Morgan fingerprint density at radius 2 is 1.79 bits per heavy atom. The van der Waals surface area contributed by atoms with Gasteiger partial charge in [0, 0.05) is 25.9 Å². The fourth-order valence-corrected chi connectivity index (χ4v) is 4.99. The number of benzene rings is 2. The zero-order chi connectivity index (χ0) is 20.9. The van der Waals surface area contributed by atoms with Gasteiger partial charge in [0.1, 0.15) is 0 Å². The second-order valence-corrected chi connectivity index (χ2v) is 9.59. The highest BCUT2D eigenvalue weighted by Crippen LogP contribution is 2.37. The number of carbonyl (C=O) groups excluding carboxylic acids is 1. The molecule has 0 saturated carbocycles. The normalized spacial score (nSPS) is 17.0. The van der Waals surface area contributed by atoms with Crippen molar-refractivity contribution in [3.8, 4) is 0 Å². The maximum atomic E-state index is 13.5. The van der Waals surface area contributed by atoms with Crippen LogP contribution in [0.25, 0.3) is 0 Å². The Bertz CT molecular complexity index is 936. The van der Waals surface area contributed by atoms with Crippen molar-refractivity contribution in [1.82, 2.24) is 4.31 Å². The number of anilines is 1. The summed E-state index contributed by atoms with van der Waals surface area (Å²) in [6.45, 7) is 2.79. The monoisotopic (exact) mass is 416 g/mol. The van der Waals surface area contributed by atoms with Crippen molar-refractivity contribution < 1.29 is 17.9 Å².